The molecule has 2 aliphatic rings. The second-order valence-electron chi connectivity index (χ2n) is 6.54. The molecule has 112 valence electrons. The normalized spacial score (nSPS) is 23.7. The summed E-state index contributed by atoms with van der Waals surface area (Å²) >= 11 is 0. The van der Waals surface area contributed by atoms with E-state index in [1.54, 1.807) is 0 Å². The smallest absolute Gasteiger partial charge is 0.158 e. The van der Waals surface area contributed by atoms with Gasteiger partial charge in [0.2, 0.25) is 0 Å². The summed E-state index contributed by atoms with van der Waals surface area (Å²) in [6.07, 6.45) is 10.3. The maximum absolute atomic E-state index is 12.0. The van der Waals surface area contributed by atoms with Gasteiger partial charge >= 0.3 is 0 Å². The second kappa shape index (κ2) is 6.93. The number of allylic oxidation sites excluding steroid dienone is 2. The van der Waals surface area contributed by atoms with Gasteiger partial charge in [0.1, 0.15) is 0 Å². The van der Waals surface area contributed by atoms with E-state index in [4.69, 9.17) is 0 Å². The fraction of sp³-hybridized carbons (Fsp3) is 0.526. The van der Waals surface area contributed by atoms with E-state index in [0.717, 1.165) is 24.6 Å². The lowest BCUT2D eigenvalue weighted by molar-refractivity contribution is -0.115. The van der Waals surface area contributed by atoms with Crippen LogP contribution < -0.4 is 5.32 Å². The van der Waals surface area contributed by atoms with Gasteiger partial charge in [0, 0.05) is 24.7 Å². The zero-order valence-electron chi connectivity index (χ0n) is 12.7. The first kappa shape index (κ1) is 14.4. The van der Waals surface area contributed by atoms with Crippen molar-refractivity contribution >= 4 is 5.78 Å². The predicted octanol–water partition coefficient (Wildman–Crippen LogP) is 4.19. The Morgan fingerprint density at radius 2 is 1.76 bits per heavy atom. The number of benzene rings is 1. The molecule has 3 rings (SSSR count). The van der Waals surface area contributed by atoms with Crippen LogP contribution in [-0.2, 0) is 4.79 Å². The molecule has 1 aromatic rings. The van der Waals surface area contributed by atoms with Crippen molar-refractivity contribution in [3.8, 4) is 0 Å². The number of rotatable bonds is 4. The van der Waals surface area contributed by atoms with Crippen LogP contribution >= 0.6 is 0 Å². The van der Waals surface area contributed by atoms with Crippen molar-refractivity contribution in [2.75, 3.05) is 6.54 Å². The third-order valence-electron chi connectivity index (χ3n) is 4.86. The molecule has 0 saturated heterocycles. The lowest BCUT2D eigenvalue weighted by atomic mass is 9.85. The van der Waals surface area contributed by atoms with E-state index >= 15 is 0 Å². The largest absolute Gasteiger partial charge is 0.388 e. The summed E-state index contributed by atoms with van der Waals surface area (Å²) in [7, 11) is 0. The van der Waals surface area contributed by atoms with E-state index in [-0.39, 0.29) is 5.78 Å². The van der Waals surface area contributed by atoms with Gasteiger partial charge in [-0.1, -0.05) is 49.6 Å². The first-order chi connectivity index (χ1) is 10.3. The van der Waals surface area contributed by atoms with E-state index < -0.39 is 0 Å². The zero-order chi connectivity index (χ0) is 14.5. The average molecular weight is 283 g/mol. The van der Waals surface area contributed by atoms with Gasteiger partial charge in [0.05, 0.1) is 0 Å². The molecular weight excluding hydrogens is 258 g/mol. The first-order valence-electron chi connectivity index (χ1n) is 8.33. The fourth-order valence-electron chi connectivity index (χ4n) is 3.64. The zero-order valence-corrected chi connectivity index (χ0v) is 12.7. The van der Waals surface area contributed by atoms with Gasteiger partial charge in [-0.05, 0) is 36.7 Å². The van der Waals surface area contributed by atoms with Crippen LogP contribution in [0.1, 0.15) is 56.4 Å². The highest BCUT2D eigenvalue weighted by molar-refractivity contribution is 5.91. The monoisotopic (exact) mass is 283 g/mol. The van der Waals surface area contributed by atoms with Crippen molar-refractivity contribution in [3.63, 3.8) is 0 Å². The van der Waals surface area contributed by atoms with Crippen molar-refractivity contribution in [2.45, 2.75) is 50.9 Å². The van der Waals surface area contributed by atoms with Gasteiger partial charge in [-0.2, -0.15) is 0 Å². The number of hydrogen-bond acceptors (Lipinski definition) is 2. The summed E-state index contributed by atoms with van der Waals surface area (Å²) in [6.45, 7) is 1.04. The van der Waals surface area contributed by atoms with Gasteiger partial charge in [0.15, 0.2) is 5.78 Å². The highest BCUT2D eigenvalue weighted by Gasteiger charge is 2.22. The van der Waals surface area contributed by atoms with Gasteiger partial charge in [-0.3, -0.25) is 4.79 Å². The maximum Gasteiger partial charge on any atom is 0.158 e. The van der Waals surface area contributed by atoms with Gasteiger partial charge in [-0.15, -0.1) is 0 Å². The lowest BCUT2D eigenvalue weighted by Gasteiger charge is -2.27. The molecule has 0 amide bonds. The standard InChI is InChI=1S/C19H25NO/c21-19-12-17(16-9-5-2-6-10-16)11-18(13-19)20-14-15-7-3-1-4-8-15/h2,5-6,9-10,13,15,17,20H,1,3-4,7-8,11-12,14H2. The molecule has 1 atom stereocenters. The Balaban J connectivity index is 1.58. The summed E-state index contributed by atoms with van der Waals surface area (Å²) < 4.78 is 0. The molecule has 0 heterocycles. The molecule has 21 heavy (non-hydrogen) atoms. The number of carbonyl (C=O) groups is 1. The minimum Gasteiger partial charge on any atom is -0.388 e. The Morgan fingerprint density at radius 3 is 2.52 bits per heavy atom. The minimum absolute atomic E-state index is 0.265. The van der Waals surface area contributed by atoms with Gasteiger partial charge < -0.3 is 5.32 Å². The van der Waals surface area contributed by atoms with Crippen LogP contribution in [0, 0.1) is 5.92 Å². The number of ketones is 1. The summed E-state index contributed by atoms with van der Waals surface area (Å²) in [5.41, 5.74) is 2.43. The van der Waals surface area contributed by atoms with Gasteiger partial charge in [-0.25, -0.2) is 0 Å². The van der Waals surface area contributed by atoms with E-state index in [2.05, 4.69) is 29.6 Å². The molecule has 1 aromatic carbocycles. The number of carbonyl (C=O) groups excluding carboxylic acids is 1. The second-order valence-corrected chi connectivity index (χ2v) is 6.54. The van der Waals surface area contributed by atoms with Crippen LogP contribution in [0.4, 0.5) is 0 Å². The molecule has 0 aliphatic heterocycles. The molecule has 1 fully saturated rings. The van der Waals surface area contributed by atoms with Crippen molar-refractivity contribution in [2.24, 2.45) is 5.92 Å². The highest BCUT2D eigenvalue weighted by atomic mass is 16.1. The summed E-state index contributed by atoms with van der Waals surface area (Å²) in [5, 5.41) is 3.56. The number of hydrogen-bond donors (Lipinski definition) is 1. The molecule has 2 heteroatoms. The lowest BCUT2D eigenvalue weighted by Crippen LogP contribution is -2.27. The Bertz CT molecular complexity index is 500. The van der Waals surface area contributed by atoms with Crippen molar-refractivity contribution in [3.05, 3.63) is 47.7 Å². The molecule has 2 nitrogen and oxygen atoms in total. The summed E-state index contributed by atoms with van der Waals surface area (Å²) in [5.74, 6) is 1.41. The molecule has 1 unspecified atom stereocenters. The van der Waals surface area contributed by atoms with Crippen molar-refractivity contribution in [1.82, 2.24) is 5.32 Å². The Kier molecular flexibility index (Phi) is 4.74. The van der Waals surface area contributed by atoms with E-state index in [1.807, 2.05) is 12.1 Å². The molecule has 1 saturated carbocycles. The summed E-state index contributed by atoms with van der Waals surface area (Å²) in [4.78, 5) is 12.0. The molecule has 0 aromatic heterocycles. The first-order valence-corrected chi connectivity index (χ1v) is 8.33. The van der Waals surface area contributed by atoms with Crippen LogP contribution in [0.15, 0.2) is 42.1 Å². The van der Waals surface area contributed by atoms with Gasteiger partial charge in [0.25, 0.3) is 0 Å². The third kappa shape index (κ3) is 3.96. The van der Waals surface area contributed by atoms with Crippen LogP contribution in [0.5, 0.6) is 0 Å². The fourth-order valence-corrected chi connectivity index (χ4v) is 3.64. The molecule has 0 bridgehead atoms. The highest BCUT2D eigenvalue weighted by Crippen LogP contribution is 2.31. The molecule has 0 spiro atoms. The Hall–Kier alpha value is -1.57. The Morgan fingerprint density at radius 1 is 1.00 bits per heavy atom. The number of nitrogens with one attached hydrogen (secondary N) is 1. The average Bonchev–Trinajstić information content (AvgIpc) is 2.54. The molecule has 0 radical (unpaired) electrons. The minimum atomic E-state index is 0.265. The predicted molar refractivity (Wildman–Crippen MR) is 86.1 cm³/mol. The van der Waals surface area contributed by atoms with Crippen LogP contribution in [0.3, 0.4) is 0 Å². The molecule has 2 aliphatic carbocycles. The molecule has 1 N–H and O–H groups in total. The van der Waals surface area contributed by atoms with E-state index in [9.17, 15) is 4.79 Å². The van der Waals surface area contributed by atoms with Crippen molar-refractivity contribution < 1.29 is 4.79 Å². The quantitative estimate of drug-likeness (QED) is 0.898. The van der Waals surface area contributed by atoms with Crippen LogP contribution in [0.25, 0.3) is 0 Å². The van der Waals surface area contributed by atoms with E-state index in [1.165, 1.54) is 37.7 Å². The van der Waals surface area contributed by atoms with E-state index in [0.29, 0.717) is 12.3 Å². The van der Waals surface area contributed by atoms with Crippen LogP contribution in [-0.4, -0.2) is 12.3 Å². The maximum atomic E-state index is 12.0. The molecular formula is C19H25NO. The third-order valence-corrected chi connectivity index (χ3v) is 4.86. The topological polar surface area (TPSA) is 29.1 Å². The van der Waals surface area contributed by atoms with Crippen LogP contribution in [0.2, 0.25) is 0 Å². The summed E-state index contributed by atoms with van der Waals surface area (Å²) in [6, 6.07) is 10.4. The Labute approximate surface area is 127 Å². The van der Waals surface area contributed by atoms with Crippen molar-refractivity contribution in [1.29, 1.82) is 0 Å². The SMILES string of the molecule is O=C1C=C(NCC2CCCCC2)CC(c2ccccc2)C1.